The van der Waals surface area contributed by atoms with Crippen LogP contribution in [0.1, 0.15) is 15.9 Å². The van der Waals surface area contributed by atoms with E-state index in [1.807, 2.05) is 0 Å². The average molecular weight is 252 g/mol. The van der Waals surface area contributed by atoms with Crippen LogP contribution in [0.2, 0.25) is 0 Å². The van der Waals surface area contributed by atoms with Crippen molar-refractivity contribution >= 4 is 12.0 Å². The Morgan fingerprint density at radius 2 is 2.06 bits per heavy atom. The van der Waals surface area contributed by atoms with Crippen LogP contribution in [-0.2, 0) is 6.54 Å². The fourth-order valence-corrected chi connectivity index (χ4v) is 1.46. The minimum absolute atomic E-state index is 0.0779. The van der Waals surface area contributed by atoms with E-state index in [0.29, 0.717) is 5.56 Å². The Labute approximate surface area is 105 Å². The first kappa shape index (κ1) is 13.8. The SMILES string of the molecule is COc1c(CNC(=O)N(C)C)cccc1C(=O)O. The molecule has 0 atom stereocenters. The lowest BCUT2D eigenvalue weighted by Gasteiger charge is -2.14. The van der Waals surface area contributed by atoms with Gasteiger partial charge in [0.15, 0.2) is 0 Å². The van der Waals surface area contributed by atoms with E-state index >= 15 is 0 Å². The molecule has 2 amide bonds. The van der Waals surface area contributed by atoms with E-state index < -0.39 is 5.97 Å². The van der Waals surface area contributed by atoms with Gasteiger partial charge < -0.3 is 20.1 Å². The molecule has 0 spiro atoms. The molecule has 18 heavy (non-hydrogen) atoms. The molecule has 0 bridgehead atoms. The van der Waals surface area contributed by atoms with Crippen molar-refractivity contribution in [3.8, 4) is 5.75 Å². The molecule has 6 heteroatoms. The number of aromatic carboxylic acids is 1. The number of hydrogen-bond donors (Lipinski definition) is 2. The molecule has 0 aromatic heterocycles. The molecule has 6 nitrogen and oxygen atoms in total. The largest absolute Gasteiger partial charge is 0.495 e. The highest BCUT2D eigenvalue weighted by molar-refractivity contribution is 5.91. The number of urea groups is 1. The highest BCUT2D eigenvalue weighted by Gasteiger charge is 2.15. The van der Waals surface area contributed by atoms with Crippen molar-refractivity contribution in [1.82, 2.24) is 10.2 Å². The molecule has 0 unspecified atom stereocenters. The quantitative estimate of drug-likeness (QED) is 0.843. The summed E-state index contributed by atoms with van der Waals surface area (Å²) < 4.78 is 5.08. The van der Waals surface area contributed by atoms with Gasteiger partial charge in [-0.3, -0.25) is 0 Å². The van der Waals surface area contributed by atoms with Crippen molar-refractivity contribution in [1.29, 1.82) is 0 Å². The number of methoxy groups -OCH3 is 1. The summed E-state index contributed by atoms with van der Waals surface area (Å²) in [5, 5.41) is 11.7. The number of carboxylic acids is 1. The zero-order valence-electron chi connectivity index (χ0n) is 10.6. The molecular weight excluding hydrogens is 236 g/mol. The van der Waals surface area contributed by atoms with Gasteiger partial charge in [0, 0.05) is 26.2 Å². The minimum Gasteiger partial charge on any atom is -0.495 e. The van der Waals surface area contributed by atoms with Gasteiger partial charge in [-0.25, -0.2) is 9.59 Å². The second-order valence-corrected chi connectivity index (χ2v) is 3.86. The average Bonchev–Trinajstić information content (AvgIpc) is 2.34. The number of hydrogen-bond acceptors (Lipinski definition) is 3. The molecule has 1 aromatic rings. The standard InChI is InChI=1S/C12H16N2O4/c1-14(2)12(17)13-7-8-5-4-6-9(11(15)16)10(8)18-3/h4-6H,7H2,1-3H3,(H,13,17)(H,15,16). The molecule has 0 fully saturated rings. The molecule has 1 rings (SSSR count). The van der Waals surface area contributed by atoms with Crippen LogP contribution >= 0.6 is 0 Å². The number of ether oxygens (including phenoxy) is 1. The number of nitrogens with one attached hydrogen (secondary N) is 1. The third kappa shape index (κ3) is 3.13. The summed E-state index contributed by atoms with van der Waals surface area (Å²) in [4.78, 5) is 23.8. The van der Waals surface area contributed by atoms with Gasteiger partial charge in [0.05, 0.1) is 7.11 Å². The van der Waals surface area contributed by atoms with Gasteiger partial charge in [-0.2, -0.15) is 0 Å². The van der Waals surface area contributed by atoms with Gasteiger partial charge in [0.2, 0.25) is 0 Å². The fourth-order valence-electron chi connectivity index (χ4n) is 1.46. The van der Waals surface area contributed by atoms with E-state index in [0.717, 1.165) is 0 Å². The summed E-state index contributed by atoms with van der Waals surface area (Å²) in [6.07, 6.45) is 0. The first-order valence-corrected chi connectivity index (χ1v) is 5.31. The van der Waals surface area contributed by atoms with Gasteiger partial charge in [-0.1, -0.05) is 12.1 Å². The number of benzene rings is 1. The number of carbonyl (C=O) groups excluding carboxylic acids is 1. The van der Waals surface area contributed by atoms with Crippen molar-refractivity contribution in [2.45, 2.75) is 6.54 Å². The number of rotatable bonds is 4. The Morgan fingerprint density at radius 1 is 1.39 bits per heavy atom. The summed E-state index contributed by atoms with van der Waals surface area (Å²) >= 11 is 0. The van der Waals surface area contributed by atoms with Crippen molar-refractivity contribution in [3.05, 3.63) is 29.3 Å². The molecule has 0 aliphatic rings. The van der Waals surface area contributed by atoms with Gasteiger partial charge in [0.25, 0.3) is 0 Å². The molecule has 1 aromatic carbocycles. The van der Waals surface area contributed by atoms with E-state index in [4.69, 9.17) is 9.84 Å². The summed E-state index contributed by atoms with van der Waals surface area (Å²) in [5.41, 5.74) is 0.696. The van der Waals surface area contributed by atoms with Crippen LogP contribution in [0.25, 0.3) is 0 Å². The van der Waals surface area contributed by atoms with Crippen molar-refractivity contribution in [2.24, 2.45) is 0 Å². The molecular formula is C12H16N2O4. The molecule has 0 saturated heterocycles. The van der Waals surface area contributed by atoms with E-state index in [1.54, 1.807) is 26.2 Å². The molecule has 0 aliphatic heterocycles. The summed E-state index contributed by atoms with van der Waals surface area (Å²) in [6, 6.07) is 4.53. The topological polar surface area (TPSA) is 78.9 Å². The van der Waals surface area contributed by atoms with Crippen molar-refractivity contribution < 1.29 is 19.4 Å². The van der Waals surface area contributed by atoms with E-state index in [1.165, 1.54) is 18.1 Å². The Hall–Kier alpha value is -2.24. The maximum absolute atomic E-state index is 11.4. The van der Waals surface area contributed by atoms with Gasteiger partial charge >= 0.3 is 12.0 Å². The molecule has 0 radical (unpaired) electrons. The number of para-hydroxylation sites is 1. The van der Waals surface area contributed by atoms with Gasteiger partial charge in [-0.05, 0) is 6.07 Å². The minimum atomic E-state index is -1.06. The summed E-state index contributed by atoms with van der Waals surface area (Å²) in [6.45, 7) is 0.210. The number of carboxylic acid groups (broad SMARTS) is 1. The lowest BCUT2D eigenvalue weighted by molar-refractivity contribution is 0.0693. The molecule has 0 saturated carbocycles. The molecule has 0 aliphatic carbocycles. The smallest absolute Gasteiger partial charge is 0.339 e. The monoisotopic (exact) mass is 252 g/mol. The molecule has 98 valence electrons. The van der Waals surface area contributed by atoms with Gasteiger partial charge in [0.1, 0.15) is 11.3 Å². The zero-order valence-corrected chi connectivity index (χ0v) is 10.6. The van der Waals surface area contributed by atoms with Crippen LogP contribution in [0.4, 0.5) is 4.79 Å². The number of amides is 2. The van der Waals surface area contributed by atoms with Crippen LogP contribution in [0.5, 0.6) is 5.75 Å². The van der Waals surface area contributed by atoms with Crippen LogP contribution in [0.15, 0.2) is 18.2 Å². The zero-order chi connectivity index (χ0) is 13.7. The predicted molar refractivity (Wildman–Crippen MR) is 65.9 cm³/mol. The second kappa shape index (κ2) is 5.90. The highest BCUT2D eigenvalue weighted by Crippen LogP contribution is 2.23. The van der Waals surface area contributed by atoms with E-state index in [9.17, 15) is 9.59 Å². The number of nitrogens with zero attached hydrogens (tertiary/aromatic N) is 1. The van der Waals surface area contributed by atoms with Crippen molar-refractivity contribution in [2.75, 3.05) is 21.2 Å². The summed E-state index contributed by atoms with van der Waals surface area (Å²) in [7, 11) is 4.65. The lowest BCUT2D eigenvalue weighted by atomic mass is 10.1. The first-order valence-electron chi connectivity index (χ1n) is 5.31. The Kier molecular flexibility index (Phi) is 4.53. The van der Waals surface area contributed by atoms with Crippen LogP contribution in [-0.4, -0.2) is 43.2 Å². The van der Waals surface area contributed by atoms with E-state index in [2.05, 4.69) is 5.32 Å². The van der Waals surface area contributed by atoms with E-state index in [-0.39, 0.29) is 23.9 Å². The Balaban J connectivity index is 2.92. The van der Waals surface area contributed by atoms with Crippen LogP contribution in [0.3, 0.4) is 0 Å². The molecule has 0 heterocycles. The second-order valence-electron chi connectivity index (χ2n) is 3.86. The number of carbonyl (C=O) groups is 2. The normalized spacial score (nSPS) is 9.72. The Bertz CT molecular complexity index is 457. The Morgan fingerprint density at radius 3 is 2.56 bits per heavy atom. The maximum Gasteiger partial charge on any atom is 0.339 e. The summed E-state index contributed by atoms with van der Waals surface area (Å²) in [5.74, 6) is -0.795. The van der Waals surface area contributed by atoms with Crippen LogP contribution < -0.4 is 10.1 Å². The van der Waals surface area contributed by atoms with Gasteiger partial charge in [-0.15, -0.1) is 0 Å². The van der Waals surface area contributed by atoms with Crippen LogP contribution in [0, 0.1) is 0 Å². The highest BCUT2D eigenvalue weighted by atomic mass is 16.5. The fraction of sp³-hybridized carbons (Fsp3) is 0.333. The third-order valence-corrected chi connectivity index (χ3v) is 2.37. The lowest BCUT2D eigenvalue weighted by Crippen LogP contribution is -2.34. The maximum atomic E-state index is 11.4. The third-order valence-electron chi connectivity index (χ3n) is 2.37. The first-order chi connectivity index (χ1) is 8.47. The van der Waals surface area contributed by atoms with Crippen molar-refractivity contribution in [3.63, 3.8) is 0 Å². The molecule has 2 N–H and O–H groups in total. The predicted octanol–water partition coefficient (Wildman–Crippen LogP) is 1.16.